The Hall–Kier alpha value is -0.860. The van der Waals surface area contributed by atoms with Crippen LogP contribution in [0.25, 0.3) is 0 Å². The topological polar surface area (TPSA) is 15.3 Å². The van der Waals surface area contributed by atoms with E-state index in [1.165, 1.54) is 38.9 Å². The third-order valence-corrected chi connectivity index (χ3v) is 6.18. The highest BCUT2D eigenvalue weighted by Gasteiger charge is 2.51. The van der Waals surface area contributed by atoms with Crippen molar-refractivity contribution in [1.29, 1.82) is 0 Å². The minimum absolute atomic E-state index is 0.366. The molecule has 2 heterocycles. The quantitative estimate of drug-likeness (QED) is 0.843. The van der Waals surface area contributed by atoms with Crippen molar-refractivity contribution in [3.63, 3.8) is 0 Å². The Labute approximate surface area is 122 Å². The van der Waals surface area contributed by atoms with Crippen LogP contribution in [0.5, 0.6) is 0 Å². The Kier molecular flexibility index (Phi) is 2.94. The van der Waals surface area contributed by atoms with Gasteiger partial charge in [-0.05, 0) is 62.6 Å². The van der Waals surface area contributed by atoms with Crippen LogP contribution in [0.3, 0.4) is 0 Å². The van der Waals surface area contributed by atoms with E-state index in [0.29, 0.717) is 5.54 Å². The number of aryl methyl sites for hydroxylation is 1. The summed E-state index contributed by atoms with van der Waals surface area (Å²) in [6.45, 7) is 8.71. The zero-order valence-corrected chi connectivity index (χ0v) is 12.7. The van der Waals surface area contributed by atoms with Crippen molar-refractivity contribution >= 4 is 0 Å². The molecule has 2 heteroatoms. The smallest absolute Gasteiger partial charge is 0.0200 e. The Bertz CT molecular complexity index is 508. The standard InChI is InChI=1S/C18H26N2/c1-18(2)17-11-19-10-15(17)12-20(18)16-8-7-13-5-3-4-6-14(13)9-16/h3-6,15-17,19H,7-12H2,1-2H3. The van der Waals surface area contributed by atoms with Crippen LogP contribution in [0.2, 0.25) is 0 Å². The molecule has 20 heavy (non-hydrogen) atoms. The normalized spacial score (nSPS) is 35.8. The lowest BCUT2D eigenvalue weighted by Gasteiger charge is -2.43. The monoisotopic (exact) mass is 270 g/mol. The molecule has 4 rings (SSSR count). The highest BCUT2D eigenvalue weighted by atomic mass is 15.3. The SMILES string of the molecule is CC1(C)C2CNCC2CN1C1CCc2ccccc2C1. The molecular weight excluding hydrogens is 244 g/mol. The van der Waals surface area contributed by atoms with Gasteiger partial charge in [0, 0.05) is 24.7 Å². The number of likely N-dealkylation sites (tertiary alicyclic amines) is 1. The fourth-order valence-electron chi connectivity index (χ4n) is 5.02. The fourth-order valence-corrected chi connectivity index (χ4v) is 5.02. The molecular formula is C18H26N2. The number of nitrogens with one attached hydrogen (secondary N) is 1. The van der Waals surface area contributed by atoms with Crippen LogP contribution in [0.4, 0.5) is 0 Å². The van der Waals surface area contributed by atoms with Crippen molar-refractivity contribution in [2.24, 2.45) is 11.8 Å². The summed E-state index contributed by atoms with van der Waals surface area (Å²) in [6.07, 6.45) is 3.86. The van der Waals surface area contributed by atoms with Gasteiger partial charge in [0.1, 0.15) is 0 Å². The molecule has 0 amide bonds. The van der Waals surface area contributed by atoms with Gasteiger partial charge in [0.05, 0.1) is 0 Å². The third-order valence-electron chi connectivity index (χ3n) is 6.18. The average Bonchev–Trinajstić information content (AvgIpc) is 3.01. The molecule has 0 saturated carbocycles. The second-order valence-electron chi connectivity index (χ2n) is 7.50. The molecule has 2 saturated heterocycles. The first kappa shape index (κ1) is 12.8. The Morgan fingerprint density at radius 3 is 2.75 bits per heavy atom. The molecule has 1 aromatic rings. The lowest BCUT2D eigenvalue weighted by atomic mass is 9.82. The van der Waals surface area contributed by atoms with E-state index in [9.17, 15) is 0 Å². The lowest BCUT2D eigenvalue weighted by Crippen LogP contribution is -2.51. The first-order chi connectivity index (χ1) is 9.66. The third kappa shape index (κ3) is 1.85. The highest BCUT2D eigenvalue weighted by molar-refractivity contribution is 5.30. The fraction of sp³-hybridized carbons (Fsp3) is 0.667. The molecule has 2 fully saturated rings. The number of fused-ring (bicyclic) bond motifs is 2. The Morgan fingerprint density at radius 2 is 1.95 bits per heavy atom. The maximum atomic E-state index is 3.59. The van der Waals surface area contributed by atoms with Crippen LogP contribution in [-0.4, -0.2) is 36.1 Å². The molecule has 3 atom stereocenters. The van der Waals surface area contributed by atoms with Gasteiger partial charge in [0.15, 0.2) is 0 Å². The van der Waals surface area contributed by atoms with Gasteiger partial charge in [-0.15, -0.1) is 0 Å². The van der Waals surface area contributed by atoms with Crippen LogP contribution in [0.1, 0.15) is 31.4 Å². The largest absolute Gasteiger partial charge is 0.316 e. The first-order valence-electron chi connectivity index (χ1n) is 8.20. The second-order valence-corrected chi connectivity index (χ2v) is 7.50. The number of hydrogen-bond donors (Lipinski definition) is 1. The van der Waals surface area contributed by atoms with Crippen LogP contribution in [0.15, 0.2) is 24.3 Å². The van der Waals surface area contributed by atoms with Crippen molar-refractivity contribution in [3.8, 4) is 0 Å². The van der Waals surface area contributed by atoms with Crippen molar-refractivity contribution in [1.82, 2.24) is 10.2 Å². The second kappa shape index (κ2) is 4.57. The number of rotatable bonds is 1. The minimum Gasteiger partial charge on any atom is -0.316 e. The van der Waals surface area contributed by atoms with Gasteiger partial charge in [0.25, 0.3) is 0 Å². The summed E-state index contributed by atoms with van der Waals surface area (Å²) < 4.78 is 0. The van der Waals surface area contributed by atoms with E-state index in [1.54, 1.807) is 11.1 Å². The van der Waals surface area contributed by atoms with Crippen molar-refractivity contribution in [2.45, 2.75) is 44.7 Å². The van der Waals surface area contributed by atoms with E-state index in [2.05, 4.69) is 48.3 Å². The predicted octanol–water partition coefficient (Wildman–Crippen LogP) is 2.47. The van der Waals surface area contributed by atoms with Gasteiger partial charge < -0.3 is 5.32 Å². The zero-order valence-electron chi connectivity index (χ0n) is 12.7. The molecule has 3 aliphatic rings. The van der Waals surface area contributed by atoms with Crippen molar-refractivity contribution < 1.29 is 0 Å². The van der Waals surface area contributed by atoms with E-state index < -0.39 is 0 Å². The highest BCUT2D eigenvalue weighted by Crippen LogP contribution is 2.43. The van der Waals surface area contributed by atoms with Gasteiger partial charge in [-0.1, -0.05) is 24.3 Å². The van der Waals surface area contributed by atoms with E-state index in [4.69, 9.17) is 0 Å². The van der Waals surface area contributed by atoms with Gasteiger partial charge in [-0.3, -0.25) is 4.90 Å². The average molecular weight is 270 g/mol. The molecule has 2 aliphatic heterocycles. The summed E-state index contributed by atoms with van der Waals surface area (Å²) in [5.41, 5.74) is 3.54. The van der Waals surface area contributed by atoms with Gasteiger partial charge >= 0.3 is 0 Å². The summed E-state index contributed by atoms with van der Waals surface area (Å²) in [7, 11) is 0. The summed E-state index contributed by atoms with van der Waals surface area (Å²) in [5.74, 6) is 1.72. The number of hydrogen-bond acceptors (Lipinski definition) is 2. The minimum atomic E-state index is 0.366. The Morgan fingerprint density at radius 1 is 1.15 bits per heavy atom. The van der Waals surface area contributed by atoms with E-state index in [1.807, 2.05) is 0 Å². The van der Waals surface area contributed by atoms with Crippen molar-refractivity contribution in [3.05, 3.63) is 35.4 Å². The molecule has 3 unspecified atom stereocenters. The maximum Gasteiger partial charge on any atom is 0.0200 e. The lowest BCUT2D eigenvalue weighted by molar-refractivity contribution is 0.0808. The molecule has 0 bridgehead atoms. The molecule has 1 aliphatic carbocycles. The molecule has 1 N–H and O–H groups in total. The molecule has 1 aromatic carbocycles. The van der Waals surface area contributed by atoms with Gasteiger partial charge in [0.2, 0.25) is 0 Å². The Balaban J connectivity index is 1.58. The summed E-state index contributed by atoms with van der Waals surface area (Å²) >= 11 is 0. The zero-order chi connectivity index (χ0) is 13.7. The molecule has 0 radical (unpaired) electrons. The number of nitrogens with zero attached hydrogens (tertiary/aromatic N) is 1. The first-order valence-corrected chi connectivity index (χ1v) is 8.20. The molecule has 108 valence electrons. The van der Waals surface area contributed by atoms with Crippen LogP contribution < -0.4 is 5.32 Å². The predicted molar refractivity (Wildman–Crippen MR) is 82.9 cm³/mol. The molecule has 2 nitrogen and oxygen atoms in total. The van der Waals surface area contributed by atoms with Gasteiger partial charge in [-0.2, -0.15) is 0 Å². The summed E-state index contributed by atoms with van der Waals surface area (Å²) in [5, 5.41) is 3.59. The van der Waals surface area contributed by atoms with Crippen molar-refractivity contribution in [2.75, 3.05) is 19.6 Å². The molecule has 0 aromatic heterocycles. The summed E-state index contributed by atoms with van der Waals surface area (Å²) in [6, 6.07) is 9.81. The van der Waals surface area contributed by atoms with E-state index in [0.717, 1.165) is 17.9 Å². The van der Waals surface area contributed by atoms with Crippen LogP contribution in [-0.2, 0) is 12.8 Å². The van der Waals surface area contributed by atoms with Crippen LogP contribution in [0, 0.1) is 11.8 Å². The van der Waals surface area contributed by atoms with Gasteiger partial charge in [-0.25, -0.2) is 0 Å². The van der Waals surface area contributed by atoms with Crippen LogP contribution >= 0.6 is 0 Å². The van der Waals surface area contributed by atoms with E-state index in [-0.39, 0.29) is 0 Å². The number of benzene rings is 1. The molecule has 0 spiro atoms. The summed E-state index contributed by atoms with van der Waals surface area (Å²) in [4.78, 5) is 2.85. The maximum absolute atomic E-state index is 3.59. The van der Waals surface area contributed by atoms with E-state index >= 15 is 0 Å².